The standard InChI is InChI=1S/C28H28N6O2/c1-20-8-11-23-15-24(28(35)29-26(23)14-20)18-33(16-21-6-4-3-5-7-21)19-27-30-31-32-34(27)17-22-9-12-25(36-2)13-10-22/h3-15H,16-19H2,1-2H3,(H,29,35). The van der Waals surface area contributed by atoms with Crippen LogP contribution >= 0.6 is 0 Å². The van der Waals surface area contributed by atoms with Crippen LogP contribution in [0.15, 0.2) is 83.7 Å². The monoisotopic (exact) mass is 480 g/mol. The van der Waals surface area contributed by atoms with Gasteiger partial charge in [-0.15, -0.1) is 5.10 Å². The Bertz CT molecular complexity index is 1510. The molecule has 0 spiro atoms. The van der Waals surface area contributed by atoms with Crippen LogP contribution in [0.2, 0.25) is 0 Å². The molecule has 0 aliphatic heterocycles. The van der Waals surface area contributed by atoms with E-state index in [0.717, 1.165) is 39.2 Å². The van der Waals surface area contributed by atoms with E-state index in [2.05, 4.69) is 43.6 Å². The average Bonchev–Trinajstić information content (AvgIpc) is 3.32. The van der Waals surface area contributed by atoms with Crippen molar-refractivity contribution in [2.45, 2.75) is 33.1 Å². The lowest BCUT2D eigenvalue weighted by atomic mass is 10.1. The number of hydrogen-bond acceptors (Lipinski definition) is 6. The van der Waals surface area contributed by atoms with E-state index >= 15 is 0 Å². The first kappa shape index (κ1) is 23.4. The summed E-state index contributed by atoms with van der Waals surface area (Å²) in [6, 6.07) is 26.1. The van der Waals surface area contributed by atoms with Gasteiger partial charge < -0.3 is 9.72 Å². The molecule has 0 amide bonds. The Morgan fingerprint density at radius 2 is 1.72 bits per heavy atom. The van der Waals surface area contributed by atoms with E-state index in [1.807, 2.05) is 67.6 Å². The van der Waals surface area contributed by atoms with Gasteiger partial charge in [0.1, 0.15) is 5.75 Å². The molecule has 2 heterocycles. The number of pyridine rings is 1. The van der Waals surface area contributed by atoms with E-state index in [9.17, 15) is 4.79 Å². The molecule has 0 aliphatic rings. The molecule has 0 bridgehead atoms. The average molecular weight is 481 g/mol. The van der Waals surface area contributed by atoms with Crippen LogP contribution in [0.1, 0.15) is 28.1 Å². The van der Waals surface area contributed by atoms with Gasteiger partial charge in [-0.1, -0.05) is 54.6 Å². The van der Waals surface area contributed by atoms with E-state index < -0.39 is 0 Å². The zero-order valence-corrected chi connectivity index (χ0v) is 20.4. The van der Waals surface area contributed by atoms with Gasteiger partial charge in [0, 0.05) is 24.2 Å². The summed E-state index contributed by atoms with van der Waals surface area (Å²) in [7, 11) is 1.65. The van der Waals surface area contributed by atoms with Gasteiger partial charge in [0.15, 0.2) is 5.82 Å². The number of methoxy groups -OCH3 is 1. The minimum Gasteiger partial charge on any atom is -0.497 e. The minimum atomic E-state index is -0.0796. The molecule has 2 aromatic heterocycles. The zero-order chi connectivity index (χ0) is 24.9. The minimum absolute atomic E-state index is 0.0796. The van der Waals surface area contributed by atoms with E-state index in [1.54, 1.807) is 11.8 Å². The molecular formula is C28H28N6O2. The number of ether oxygens (including phenoxy) is 1. The van der Waals surface area contributed by atoms with E-state index in [0.29, 0.717) is 31.7 Å². The quantitative estimate of drug-likeness (QED) is 0.342. The molecule has 0 fully saturated rings. The van der Waals surface area contributed by atoms with Gasteiger partial charge in [-0.2, -0.15) is 0 Å². The molecule has 1 N–H and O–H groups in total. The predicted octanol–water partition coefficient (Wildman–Crippen LogP) is 4.08. The topological polar surface area (TPSA) is 88.9 Å². The molecule has 8 nitrogen and oxygen atoms in total. The number of nitrogens with zero attached hydrogens (tertiary/aromatic N) is 5. The molecule has 3 aromatic carbocycles. The fourth-order valence-corrected chi connectivity index (χ4v) is 4.29. The number of rotatable bonds is 9. The smallest absolute Gasteiger partial charge is 0.252 e. The van der Waals surface area contributed by atoms with Crippen molar-refractivity contribution in [1.82, 2.24) is 30.1 Å². The van der Waals surface area contributed by atoms with Crippen LogP contribution in [0, 0.1) is 6.92 Å². The molecule has 0 atom stereocenters. The van der Waals surface area contributed by atoms with Crippen molar-refractivity contribution >= 4 is 10.9 Å². The fourth-order valence-electron chi connectivity index (χ4n) is 4.29. The van der Waals surface area contributed by atoms with E-state index in [-0.39, 0.29) is 5.56 Å². The summed E-state index contributed by atoms with van der Waals surface area (Å²) >= 11 is 0. The fraction of sp³-hybridized carbons (Fsp3) is 0.214. The molecule has 0 radical (unpaired) electrons. The Labute approximate surface area is 209 Å². The van der Waals surface area contributed by atoms with Crippen LogP contribution in [0.4, 0.5) is 0 Å². The Morgan fingerprint density at radius 1 is 0.917 bits per heavy atom. The summed E-state index contributed by atoms with van der Waals surface area (Å²) < 4.78 is 7.05. The number of aromatic nitrogens is 5. The van der Waals surface area contributed by atoms with Crippen molar-refractivity contribution in [1.29, 1.82) is 0 Å². The maximum absolute atomic E-state index is 13.0. The second kappa shape index (κ2) is 10.5. The first-order valence-electron chi connectivity index (χ1n) is 11.8. The molecule has 36 heavy (non-hydrogen) atoms. The van der Waals surface area contributed by atoms with Gasteiger partial charge in [0.25, 0.3) is 5.56 Å². The molecule has 5 aromatic rings. The lowest BCUT2D eigenvalue weighted by Crippen LogP contribution is -2.28. The Kier molecular flexibility index (Phi) is 6.86. The lowest BCUT2D eigenvalue weighted by Gasteiger charge is -2.22. The lowest BCUT2D eigenvalue weighted by molar-refractivity contribution is 0.236. The summed E-state index contributed by atoms with van der Waals surface area (Å²) in [5, 5.41) is 13.5. The number of aryl methyl sites for hydroxylation is 1. The highest BCUT2D eigenvalue weighted by Gasteiger charge is 2.16. The van der Waals surface area contributed by atoms with Gasteiger partial charge >= 0.3 is 0 Å². The summed E-state index contributed by atoms with van der Waals surface area (Å²) in [5.41, 5.74) is 4.81. The number of tetrazole rings is 1. The van der Waals surface area contributed by atoms with Crippen molar-refractivity contribution < 1.29 is 4.74 Å². The third-order valence-corrected chi connectivity index (χ3v) is 6.18. The van der Waals surface area contributed by atoms with Gasteiger partial charge in [-0.25, -0.2) is 4.68 Å². The number of benzene rings is 3. The summed E-state index contributed by atoms with van der Waals surface area (Å²) in [6.07, 6.45) is 0. The highest BCUT2D eigenvalue weighted by atomic mass is 16.5. The van der Waals surface area contributed by atoms with Crippen molar-refractivity contribution in [3.63, 3.8) is 0 Å². The molecule has 0 aliphatic carbocycles. The van der Waals surface area contributed by atoms with Crippen LogP contribution in [0.5, 0.6) is 5.75 Å². The first-order chi connectivity index (χ1) is 17.6. The molecular weight excluding hydrogens is 452 g/mol. The predicted molar refractivity (Wildman–Crippen MR) is 139 cm³/mol. The molecule has 0 unspecified atom stereocenters. The second-order valence-corrected chi connectivity index (χ2v) is 8.95. The molecule has 8 heteroatoms. The van der Waals surface area contributed by atoms with E-state index in [1.165, 1.54) is 0 Å². The molecule has 0 saturated heterocycles. The van der Waals surface area contributed by atoms with Gasteiger partial charge in [-0.3, -0.25) is 9.69 Å². The largest absolute Gasteiger partial charge is 0.497 e. The van der Waals surface area contributed by atoms with Gasteiger partial charge in [0.2, 0.25) is 0 Å². The number of fused-ring (bicyclic) bond motifs is 1. The van der Waals surface area contributed by atoms with Crippen LogP contribution in [-0.2, 0) is 26.2 Å². The summed E-state index contributed by atoms with van der Waals surface area (Å²) in [6.45, 7) is 4.17. The first-order valence-corrected chi connectivity index (χ1v) is 11.8. The number of H-pyrrole nitrogens is 1. The maximum Gasteiger partial charge on any atom is 0.252 e. The van der Waals surface area contributed by atoms with Crippen molar-refractivity contribution in [3.05, 3.63) is 117 Å². The van der Waals surface area contributed by atoms with Crippen LogP contribution in [0.3, 0.4) is 0 Å². The number of hydrogen-bond donors (Lipinski definition) is 1. The highest BCUT2D eigenvalue weighted by molar-refractivity contribution is 5.79. The molecule has 182 valence electrons. The second-order valence-electron chi connectivity index (χ2n) is 8.95. The Balaban J connectivity index is 1.41. The normalized spacial score (nSPS) is 11.3. The summed E-state index contributed by atoms with van der Waals surface area (Å²) in [4.78, 5) is 18.2. The Morgan fingerprint density at radius 3 is 2.50 bits per heavy atom. The zero-order valence-electron chi connectivity index (χ0n) is 20.4. The third kappa shape index (κ3) is 5.50. The van der Waals surface area contributed by atoms with E-state index in [4.69, 9.17) is 4.74 Å². The molecule has 5 rings (SSSR count). The van der Waals surface area contributed by atoms with Gasteiger partial charge in [0.05, 0.1) is 20.2 Å². The maximum atomic E-state index is 13.0. The number of aromatic amines is 1. The van der Waals surface area contributed by atoms with Gasteiger partial charge in [-0.05, 0) is 63.7 Å². The van der Waals surface area contributed by atoms with Crippen LogP contribution in [0.25, 0.3) is 10.9 Å². The van der Waals surface area contributed by atoms with Crippen molar-refractivity contribution in [2.75, 3.05) is 7.11 Å². The SMILES string of the molecule is COc1ccc(Cn2nnnc2CN(Cc2ccccc2)Cc2cc3ccc(C)cc3[nH]c2=O)cc1. The van der Waals surface area contributed by atoms with Crippen molar-refractivity contribution in [2.24, 2.45) is 0 Å². The van der Waals surface area contributed by atoms with Crippen LogP contribution in [-0.4, -0.2) is 37.2 Å². The summed E-state index contributed by atoms with van der Waals surface area (Å²) in [5.74, 6) is 1.54. The third-order valence-electron chi connectivity index (χ3n) is 6.18. The van der Waals surface area contributed by atoms with Crippen LogP contribution < -0.4 is 10.3 Å². The molecule has 0 saturated carbocycles. The highest BCUT2D eigenvalue weighted by Crippen LogP contribution is 2.17. The Hall–Kier alpha value is -4.30. The van der Waals surface area contributed by atoms with Crippen molar-refractivity contribution in [3.8, 4) is 5.75 Å². The number of nitrogens with one attached hydrogen (secondary N) is 1.